The Morgan fingerprint density at radius 2 is 1.54 bits per heavy atom. The van der Waals surface area contributed by atoms with E-state index in [1.807, 2.05) is 18.2 Å². The van der Waals surface area contributed by atoms with Gasteiger partial charge >= 0.3 is 0 Å². The van der Waals surface area contributed by atoms with Crippen LogP contribution in [-0.2, 0) is 6.42 Å². The van der Waals surface area contributed by atoms with Crippen LogP contribution in [0.2, 0.25) is 0 Å². The van der Waals surface area contributed by atoms with Crippen molar-refractivity contribution < 1.29 is 23.7 Å². The highest BCUT2D eigenvalue weighted by atomic mass is 16.5. The van der Waals surface area contributed by atoms with E-state index in [1.165, 1.54) is 0 Å². The molecular weight excluding hydrogens is 358 g/mol. The summed E-state index contributed by atoms with van der Waals surface area (Å²) in [6.07, 6.45) is 4.09. The Balaban J connectivity index is 2.06. The van der Waals surface area contributed by atoms with Crippen molar-refractivity contribution >= 4 is 17.5 Å². The lowest BCUT2D eigenvalue weighted by molar-refractivity contribution is 0.103. The van der Waals surface area contributed by atoms with E-state index in [-0.39, 0.29) is 5.78 Å². The molecule has 6 heteroatoms. The molecule has 148 valence electrons. The van der Waals surface area contributed by atoms with E-state index in [2.05, 4.69) is 0 Å². The molecule has 1 aliphatic carbocycles. The van der Waals surface area contributed by atoms with Crippen molar-refractivity contribution in [2.75, 3.05) is 34.2 Å². The smallest absolute Gasteiger partial charge is 0.203 e. The summed E-state index contributed by atoms with van der Waals surface area (Å²) in [6.45, 7) is 0. The minimum absolute atomic E-state index is 0.0180. The number of carbonyl (C=O) groups excluding carboxylic acids is 1. The van der Waals surface area contributed by atoms with Crippen LogP contribution in [0, 0.1) is 0 Å². The van der Waals surface area contributed by atoms with E-state index < -0.39 is 0 Å². The molecule has 1 aliphatic rings. The normalized spacial score (nSPS) is 15.0. The number of rotatable bonds is 5. The third kappa shape index (κ3) is 3.50. The molecule has 28 heavy (non-hydrogen) atoms. The highest BCUT2D eigenvalue weighted by molar-refractivity contribution is 6.13. The zero-order valence-electron chi connectivity index (χ0n) is 16.6. The van der Waals surface area contributed by atoms with Crippen LogP contribution >= 0.6 is 0 Å². The molecule has 0 fully saturated rings. The van der Waals surface area contributed by atoms with Crippen LogP contribution in [-0.4, -0.2) is 34.2 Å². The number of Topliss-reactive ketones (excluding diaryl/α,β-unsaturated/α-hetero) is 1. The van der Waals surface area contributed by atoms with Gasteiger partial charge in [0.15, 0.2) is 17.3 Å². The Kier molecular flexibility index (Phi) is 5.78. The predicted molar refractivity (Wildman–Crippen MR) is 109 cm³/mol. The Morgan fingerprint density at radius 3 is 2.11 bits per heavy atom. The van der Waals surface area contributed by atoms with Crippen LogP contribution in [0.3, 0.4) is 0 Å². The van der Waals surface area contributed by atoms with E-state index in [9.17, 15) is 4.79 Å². The van der Waals surface area contributed by atoms with Gasteiger partial charge in [0.2, 0.25) is 5.75 Å². The molecule has 2 N–H and O–H groups in total. The minimum atomic E-state index is -0.0180. The summed E-state index contributed by atoms with van der Waals surface area (Å²) in [7, 11) is 6.27. The van der Waals surface area contributed by atoms with Gasteiger partial charge in [-0.3, -0.25) is 4.79 Å². The fourth-order valence-corrected chi connectivity index (χ4v) is 3.57. The maximum absolute atomic E-state index is 13.2. The third-order valence-corrected chi connectivity index (χ3v) is 4.97. The number of ether oxygens (including phenoxy) is 4. The minimum Gasteiger partial charge on any atom is -0.495 e. The molecular formula is C22H25NO5. The molecule has 2 aromatic carbocycles. The maximum atomic E-state index is 13.2. The van der Waals surface area contributed by atoms with Crippen molar-refractivity contribution in [1.29, 1.82) is 0 Å². The highest BCUT2D eigenvalue weighted by Gasteiger charge is 2.23. The van der Waals surface area contributed by atoms with Crippen molar-refractivity contribution in [2.24, 2.45) is 0 Å². The number of carbonyl (C=O) groups is 1. The fraction of sp³-hybridized carbons (Fsp3) is 0.318. The molecule has 0 saturated heterocycles. The van der Waals surface area contributed by atoms with Crippen molar-refractivity contribution in [2.45, 2.75) is 19.3 Å². The van der Waals surface area contributed by atoms with Gasteiger partial charge < -0.3 is 24.7 Å². The molecule has 0 aliphatic heterocycles. The van der Waals surface area contributed by atoms with Crippen LogP contribution in [0.5, 0.6) is 23.0 Å². The largest absolute Gasteiger partial charge is 0.495 e. The highest BCUT2D eigenvalue weighted by Crippen LogP contribution is 2.40. The van der Waals surface area contributed by atoms with Gasteiger partial charge in [0.1, 0.15) is 5.75 Å². The fourth-order valence-electron chi connectivity index (χ4n) is 3.57. The molecule has 0 spiro atoms. The SMILES string of the molecule is COc1ccc2c(c1N)CCC/C(=C\c1cc(OC)c(OC)c(OC)c1)C2=O. The molecule has 6 nitrogen and oxygen atoms in total. The number of benzene rings is 2. The molecule has 0 atom stereocenters. The van der Waals surface area contributed by atoms with E-state index >= 15 is 0 Å². The quantitative estimate of drug-likeness (QED) is 0.479. The summed E-state index contributed by atoms with van der Waals surface area (Å²) in [5, 5.41) is 0. The molecule has 0 saturated carbocycles. The second-order valence-electron chi connectivity index (χ2n) is 6.52. The molecule has 0 radical (unpaired) electrons. The first-order valence-corrected chi connectivity index (χ1v) is 9.04. The van der Waals surface area contributed by atoms with Gasteiger partial charge in [0.05, 0.1) is 34.1 Å². The molecule has 0 bridgehead atoms. The topological polar surface area (TPSA) is 80.0 Å². The number of fused-ring (bicyclic) bond motifs is 1. The lowest BCUT2D eigenvalue weighted by atomic mass is 9.97. The van der Waals surface area contributed by atoms with Gasteiger partial charge in [-0.15, -0.1) is 0 Å². The number of nitrogen functional groups attached to an aromatic ring is 1. The van der Waals surface area contributed by atoms with Crippen LogP contribution in [0.25, 0.3) is 6.08 Å². The lowest BCUT2D eigenvalue weighted by Gasteiger charge is -2.14. The van der Waals surface area contributed by atoms with Crippen molar-refractivity contribution in [1.82, 2.24) is 0 Å². The monoisotopic (exact) mass is 383 g/mol. The molecule has 0 aromatic heterocycles. The van der Waals surface area contributed by atoms with Gasteiger partial charge in [-0.2, -0.15) is 0 Å². The van der Waals surface area contributed by atoms with Gasteiger partial charge in [-0.05, 0) is 60.7 Å². The van der Waals surface area contributed by atoms with E-state index in [1.54, 1.807) is 40.6 Å². The number of methoxy groups -OCH3 is 4. The molecule has 3 rings (SSSR count). The van der Waals surface area contributed by atoms with Crippen LogP contribution in [0.4, 0.5) is 5.69 Å². The molecule has 0 amide bonds. The third-order valence-electron chi connectivity index (χ3n) is 4.97. The zero-order valence-corrected chi connectivity index (χ0v) is 16.6. The Hall–Kier alpha value is -3.15. The van der Waals surface area contributed by atoms with Crippen molar-refractivity contribution in [3.05, 3.63) is 46.5 Å². The van der Waals surface area contributed by atoms with Gasteiger partial charge in [0.25, 0.3) is 0 Å². The van der Waals surface area contributed by atoms with Crippen LogP contribution in [0.1, 0.15) is 34.3 Å². The lowest BCUT2D eigenvalue weighted by Crippen LogP contribution is -2.07. The Morgan fingerprint density at radius 1 is 0.893 bits per heavy atom. The summed E-state index contributed by atoms with van der Waals surface area (Å²) in [6, 6.07) is 7.20. The van der Waals surface area contributed by atoms with E-state index in [4.69, 9.17) is 24.7 Å². The summed E-state index contributed by atoms with van der Waals surface area (Å²) in [4.78, 5) is 13.2. The maximum Gasteiger partial charge on any atom is 0.203 e. The number of ketones is 1. The molecule has 0 heterocycles. The first-order chi connectivity index (χ1) is 13.5. The number of hydrogen-bond donors (Lipinski definition) is 1. The standard InChI is InChI=1S/C22H25NO5/c1-25-17-9-8-16-15(20(17)23)7-5-6-14(21(16)24)10-13-11-18(26-2)22(28-4)19(12-13)27-3/h8-12H,5-7,23H2,1-4H3/b14-10+. The first kappa shape index (κ1) is 19.6. The van der Waals surface area contributed by atoms with Gasteiger partial charge in [0, 0.05) is 11.1 Å². The number of nitrogens with two attached hydrogens (primary N) is 1. The second kappa shape index (κ2) is 8.25. The zero-order chi connectivity index (χ0) is 20.3. The van der Waals surface area contributed by atoms with Crippen LogP contribution < -0.4 is 24.7 Å². The number of anilines is 1. The van der Waals surface area contributed by atoms with Gasteiger partial charge in [-0.25, -0.2) is 0 Å². The number of allylic oxidation sites excluding steroid dienone is 1. The summed E-state index contributed by atoms with van der Waals surface area (Å²) >= 11 is 0. The molecule has 2 aromatic rings. The summed E-state index contributed by atoms with van der Waals surface area (Å²) < 4.78 is 21.5. The Bertz CT molecular complexity index is 908. The summed E-state index contributed by atoms with van der Waals surface area (Å²) in [5.41, 5.74) is 9.77. The van der Waals surface area contributed by atoms with Gasteiger partial charge in [-0.1, -0.05) is 0 Å². The molecule has 0 unspecified atom stereocenters. The van der Waals surface area contributed by atoms with E-state index in [0.717, 1.165) is 29.5 Å². The average Bonchev–Trinajstić information content (AvgIpc) is 2.87. The first-order valence-electron chi connectivity index (χ1n) is 9.04. The summed E-state index contributed by atoms with van der Waals surface area (Å²) in [5.74, 6) is 2.19. The Labute approximate surface area is 164 Å². The van der Waals surface area contributed by atoms with E-state index in [0.29, 0.717) is 40.7 Å². The number of hydrogen-bond acceptors (Lipinski definition) is 6. The van der Waals surface area contributed by atoms with Crippen molar-refractivity contribution in [3.63, 3.8) is 0 Å². The predicted octanol–water partition coefficient (Wildman–Crippen LogP) is 3.91. The average molecular weight is 383 g/mol. The van der Waals surface area contributed by atoms with Crippen LogP contribution in [0.15, 0.2) is 29.8 Å². The van der Waals surface area contributed by atoms with Crippen molar-refractivity contribution in [3.8, 4) is 23.0 Å². The second-order valence-corrected chi connectivity index (χ2v) is 6.52.